The van der Waals surface area contributed by atoms with E-state index >= 15 is 0 Å². The summed E-state index contributed by atoms with van der Waals surface area (Å²) < 4.78 is 0. The lowest BCUT2D eigenvalue weighted by Crippen LogP contribution is -2.37. The largest absolute Gasteiger partial charge is 0.337 e. The molecule has 0 radical (unpaired) electrons. The van der Waals surface area contributed by atoms with E-state index in [1.165, 1.54) is 4.90 Å². The van der Waals surface area contributed by atoms with Gasteiger partial charge in [-0.2, -0.15) is 11.8 Å². The predicted octanol–water partition coefficient (Wildman–Crippen LogP) is 3.20. The van der Waals surface area contributed by atoms with Gasteiger partial charge in [0.15, 0.2) is 0 Å². The van der Waals surface area contributed by atoms with Gasteiger partial charge in [-0.3, -0.25) is 24.1 Å². The Labute approximate surface area is 191 Å². The molecule has 0 atom stereocenters. The molecule has 4 rings (SSSR count). The van der Waals surface area contributed by atoms with Gasteiger partial charge in [0.05, 0.1) is 11.1 Å². The van der Waals surface area contributed by atoms with E-state index in [4.69, 9.17) is 0 Å². The number of thioether (sulfide) groups is 1. The molecule has 2 aliphatic rings. The monoisotopic (exact) mass is 451 g/mol. The number of amides is 4. The van der Waals surface area contributed by atoms with Crippen LogP contribution in [0.5, 0.6) is 0 Å². The number of nitrogens with zero attached hydrogens (tertiary/aromatic N) is 2. The average Bonchev–Trinajstić information content (AvgIpc) is 3.05. The van der Waals surface area contributed by atoms with Crippen molar-refractivity contribution in [3.8, 4) is 0 Å². The van der Waals surface area contributed by atoms with Gasteiger partial charge in [-0.1, -0.05) is 12.1 Å². The highest BCUT2D eigenvalue weighted by molar-refractivity contribution is 7.99. The normalized spacial score (nSPS) is 15.7. The van der Waals surface area contributed by atoms with Crippen LogP contribution in [0.1, 0.15) is 49.5 Å². The Morgan fingerprint density at radius 1 is 1.00 bits per heavy atom. The van der Waals surface area contributed by atoms with Crippen LogP contribution in [0.2, 0.25) is 0 Å². The van der Waals surface area contributed by atoms with Gasteiger partial charge in [0.1, 0.15) is 0 Å². The molecule has 1 N–H and O–H groups in total. The zero-order chi connectivity index (χ0) is 22.7. The lowest BCUT2D eigenvalue weighted by molar-refractivity contribution is -0.116. The number of rotatable bonds is 6. The van der Waals surface area contributed by atoms with Crippen LogP contribution < -0.4 is 5.32 Å². The average molecular weight is 452 g/mol. The molecule has 166 valence electrons. The third-order valence-electron chi connectivity index (χ3n) is 5.71. The van der Waals surface area contributed by atoms with E-state index in [0.717, 1.165) is 30.2 Å². The van der Waals surface area contributed by atoms with Crippen LogP contribution >= 0.6 is 11.8 Å². The van der Waals surface area contributed by atoms with E-state index in [-0.39, 0.29) is 36.6 Å². The molecule has 0 saturated carbocycles. The number of benzene rings is 2. The summed E-state index contributed by atoms with van der Waals surface area (Å²) >= 11 is 1.85. The summed E-state index contributed by atoms with van der Waals surface area (Å²) in [4.78, 5) is 52.9. The molecule has 0 aliphatic carbocycles. The van der Waals surface area contributed by atoms with Crippen molar-refractivity contribution < 1.29 is 19.2 Å². The highest BCUT2D eigenvalue weighted by Crippen LogP contribution is 2.23. The summed E-state index contributed by atoms with van der Waals surface area (Å²) in [7, 11) is 0. The minimum atomic E-state index is -0.311. The Bertz CT molecular complexity index is 1040. The number of anilines is 1. The number of carbonyl (C=O) groups is 4. The Morgan fingerprint density at radius 3 is 2.28 bits per heavy atom. The van der Waals surface area contributed by atoms with Gasteiger partial charge in [0.25, 0.3) is 17.7 Å². The van der Waals surface area contributed by atoms with Crippen LogP contribution in [0.4, 0.5) is 5.69 Å². The van der Waals surface area contributed by atoms with Crippen molar-refractivity contribution in [2.75, 3.05) is 36.5 Å². The number of carbonyl (C=O) groups excluding carboxylic acids is 4. The Kier molecular flexibility index (Phi) is 6.60. The van der Waals surface area contributed by atoms with Crippen molar-refractivity contribution in [3.63, 3.8) is 0 Å². The molecule has 32 heavy (non-hydrogen) atoms. The lowest BCUT2D eigenvalue weighted by Gasteiger charge is -2.26. The lowest BCUT2D eigenvalue weighted by atomic mass is 10.1. The zero-order valence-electron chi connectivity index (χ0n) is 17.9. The molecule has 4 amide bonds. The van der Waals surface area contributed by atoms with Gasteiger partial charge in [0, 0.05) is 48.8 Å². The maximum Gasteiger partial charge on any atom is 0.261 e. The Balaban J connectivity index is 1.29. The van der Waals surface area contributed by atoms with Crippen LogP contribution in [0.3, 0.4) is 0 Å². The van der Waals surface area contributed by atoms with E-state index < -0.39 is 0 Å². The van der Waals surface area contributed by atoms with E-state index in [1.807, 2.05) is 23.6 Å². The summed E-state index contributed by atoms with van der Waals surface area (Å²) in [6, 6.07) is 12.0. The molecule has 0 bridgehead atoms. The molecule has 1 fully saturated rings. The van der Waals surface area contributed by atoms with Gasteiger partial charge in [-0.15, -0.1) is 0 Å². The van der Waals surface area contributed by atoms with Crippen molar-refractivity contribution in [1.82, 2.24) is 9.80 Å². The number of fused-ring (bicyclic) bond motifs is 1. The van der Waals surface area contributed by atoms with Crippen LogP contribution in [0.15, 0.2) is 42.5 Å². The molecule has 1 saturated heterocycles. The number of nitrogens with one attached hydrogen (secondary N) is 1. The first kappa shape index (κ1) is 22.1. The highest BCUT2D eigenvalue weighted by atomic mass is 32.2. The summed E-state index contributed by atoms with van der Waals surface area (Å²) in [5, 5.41) is 2.87. The highest BCUT2D eigenvalue weighted by Gasteiger charge is 2.34. The Morgan fingerprint density at radius 2 is 1.66 bits per heavy atom. The summed E-state index contributed by atoms with van der Waals surface area (Å²) in [6.45, 7) is 3.57. The fourth-order valence-corrected chi connectivity index (χ4v) is 4.84. The maximum absolute atomic E-state index is 12.7. The van der Waals surface area contributed by atoms with Gasteiger partial charge >= 0.3 is 0 Å². The number of imide groups is 1. The predicted molar refractivity (Wildman–Crippen MR) is 124 cm³/mol. The van der Waals surface area contributed by atoms with Crippen molar-refractivity contribution in [3.05, 3.63) is 64.7 Å². The van der Waals surface area contributed by atoms with Crippen LogP contribution in [-0.2, 0) is 4.79 Å². The van der Waals surface area contributed by atoms with E-state index in [9.17, 15) is 19.2 Å². The third-order valence-corrected chi connectivity index (χ3v) is 6.65. The van der Waals surface area contributed by atoms with Crippen LogP contribution in [0.25, 0.3) is 0 Å². The van der Waals surface area contributed by atoms with Crippen molar-refractivity contribution in [2.24, 2.45) is 0 Å². The molecular weight excluding hydrogens is 426 g/mol. The van der Waals surface area contributed by atoms with Crippen molar-refractivity contribution in [1.29, 1.82) is 0 Å². The number of hydrogen-bond donors (Lipinski definition) is 1. The summed E-state index contributed by atoms with van der Waals surface area (Å²) in [6.07, 6.45) is 0.554. The fourth-order valence-electron chi connectivity index (χ4n) is 3.94. The van der Waals surface area contributed by atoms with Gasteiger partial charge in [-0.05, 0) is 49.2 Å². The van der Waals surface area contributed by atoms with Gasteiger partial charge in [-0.25, -0.2) is 0 Å². The number of hydrogen-bond acceptors (Lipinski definition) is 5. The number of aryl methyl sites for hydroxylation is 1. The first-order chi connectivity index (χ1) is 15.5. The van der Waals surface area contributed by atoms with Crippen molar-refractivity contribution in [2.45, 2.75) is 19.8 Å². The van der Waals surface area contributed by atoms with Crippen molar-refractivity contribution >= 4 is 41.1 Å². The smallest absolute Gasteiger partial charge is 0.261 e. The molecule has 7 nitrogen and oxygen atoms in total. The molecule has 0 unspecified atom stereocenters. The third kappa shape index (κ3) is 4.55. The first-order valence-corrected chi connectivity index (χ1v) is 11.8. The molecular formula is C24H25N3O4S. The quantitative estimate of drug-likeness (QED) is 0.682. The molecule has 2 aliphatic heterocycles. The minimum Gasteiger partial charge on any atom is -0.337 e. The zero-order valence-corrected chi connectivity index (χ0v) is 18.7. The molecule has 2 heterocycles. The van der Waals surface area contributed by atoms with E-state index in [1.54, 1.807) is 42.5 Å². The molecule has 0 aromatic heterocycles. The van der Waals surface area contributed by atoms with E-state index in [0.29, 0.717) is 28.8 Å². The summed E-state index contributed by atoms with van der Waals surface area (Å²) in [5.41, 5.74) is 2.92. The van der Waals surface area contributed by atoms with Crippen LogP contribution in [-0.4, -0.2) is 64.6 Å². The topological polar surface area (TPSA) is 86.8 Å². The SMILES string of the molecule is Cc1cc(C(=O)N2CCSCC2)ccc1NC(=O)CCCN1C(=O)c2ccccc2C1=O. The summed E-state index contributed by atoms with van der Waals surface area (Å²) in [5.74, 6) is 1.12. The molecule has 2 aromatic rings. The first-order valence-electron chi connectivity index (χ1n) is 10.7. The van der Waals surface area contributed by atoms with Gasteiger partial charge < -0.3 is 10.2 Å². The molecule has 8 heteroatoms. The maximum atomic E-state index is 12.7. The second kappa shape index (κ2) is 9.56. The molecule has 0 spiro atoms. The fraction of sp³-hybridized carbons (Fsp3) is 0.333. The second-order valence-corrected chi connectivity index (χ2v) is 9.12. The molecule has 2 aromatic carbocycles. The Hall–Kier alpha value is -3.13. The minimum absolute atomic E-state index is 0.0206. The second-order valence-electron chi connectivity index (χ2n) is 7.89. The van der Waals surface area contributed by atoms with Gasteiger partial charge in [0.2, 0.25) is 5.91 Å². The van der Waals surface area contributed by atoms with E-state index in [2.05, 4.69) is 5.32 Å². The van der Waals surface area contributed by atoms with Crippen LogP contribution in [0, 0.1) is 6.92 Å². The standard InChI is InChI=1S/C24H25N3O4S/c1-16-15-17(22(29)26-11-13-32-14-12-26)8-9-20(16)25-21(28)7-4-10-27-23(30)18-5-2-3-6-19(18)24(27)31/h2-3,5-6,8-9,15H,4,7,10-14H2,1H3,(H,25,28).